The number of benzene rings is 2. The van der Waals surface area contributed by atoms with Crippen molar-refractivity contribution in [2.45, 2.75) is 39.2 Å². The number of ether oxygens (including phenoxy) is 1. The number of carbonyl (C=O) groups is 1. The summed E-state index contributed by atoms with van der Waals surface area (Å²) in [5.74, 6) is -0.263. The van der Waals surface area contributed by atoms with Crippen LogP contribution < -0.4 is 5.32 Å². The number of anilines is 1. The van der Waals surface area contributed by atoms with Crippen LogP contribution in [0.15, 0.2) is 54.0 Å². The fourth-order valence-electron chi connectivity index (χ4n) is 4.53. The van der Waals surface area contributed by atoms with Crippen LogP contribution in [-0.2, 0) is 11.2 Å². The zero-order valence-electron chi connectivity index (χ0n) is 20.0. The molecule has 1 fully saturated rings. The van der Waals surface area contributed by atoms with E-state index < -0.39 is 0 Å². The SMILES string of the molecule is Cc1cccc(C)c1NC(=O)N(CCc1csc2nc(-c3ccc(F)cc3)cn12)CC1CCCO1. The molecule has 35 heavy (non-hydrogen) atoms. The van der Waals surface area contributed by atoms with Gasteiger partial charge in [0.05, 0.1) is 11.8 Å². The summed E-state index contributed by atoms with van der Waals surface area (Å²) in [5.41, 5.74) is 5.72. The quantitative estimate of drug-likeness (QED) is 0.340. The number of hydrogen-bond acceptors (Lipinski definition) is 4. The maximum Gasteiger partial charge on any atom is 0.321 e. The number of para-hydroxylation sites is 1. The highest BCUT2D eigenvalue weighted by Gasteiger charge is 2.24. The Morgan fingerprint density at radius 1 is 1.23 bits per heavy atom. The molecular formula is C27H29FN4O2S. The summed E-state index contributed by atoms with van der Waals surface area (Å²) in [6, 6.07) is 12.3. The molecule has 4 aromatic rings. The molecular weight excluding hydrogens is 463 g/mol. The van der Waals surface area contributed by atoms with Crippen LogP contribution in [0.3, 0.4) is 0 Å². The van der Waals surface area contributed by atoms with Crippen LogP contribution in [0.1, 0.15) is 29.7 Å². The molecule has 0 bridgehead atoms. The minimum Gasteiger partial charge on any atom is -0.376 e. The Labute approximate surface area is 208 Å². The van der Waals surface area contributed by atoms with E-state index in [1.165, 1.54) is 12.1 Å². The number of rotatable bonds is 7. The number of nitrogens with zero attached hydrogens (tertiary/aromatic N) is 3. The molecule has 3 heterocycles. The van der Waals surface area contributed by atoms with Crippen molar-refractivity contribution in [3.8, 4) is 11.3 Å². The van der Waals surface area contributed by atoms with E-state index in [9.17, 15) is 9.18 Å². The first-order valence-electron chi connectivity index (χ1n) is 11.9. The lowest BCUT2D eigenvalue weighted by atomic mass is 10.1. The summed E-state index contributed by atoms with van der Waals surface area (Å²) in [5, 5.41) is 5.22. The Kier molecular flexibility index (Phi) is 6.83. The summed E-state index contributed by atoms with van der Waals surface area (Å²) in [7, 11) is 0. The van der Waals surface area contributed by atoms with Crippen LogP contribution in [0.25, 0.3) is 16.2 Å². The normalized spacial score (nSPS) is 15.6. The molecule has 6 nitrogen and oxygen atoms in total. The summed E-state index contributed by atoms with van der Waals surface area (Å²) in [6.45, 7) is 5.89. The maximum atomic E-state index is 13.4. The molecule has 1 aliphatic heterocycles. The molecule has 8 heteroatoms. The van der Waals surface area contributed by atoms with Gasteiger partial charge in [-0.05, 0) is 62.1 Å². The molecule has 2 aromatic carbocycles. The lowest BCUT2D eigenvalue weighted by molar-refractivity contribution is 0.0838. The Morgan fingerprint density at radius 3 is 2.71 bits per heavy atom. The predicted molar refractivity (Wildman–Crippen MR) is 138 cm³/mol. The highest BCUT2D eigenvalue weighted by Crippen LogP contribution is 2.25. The third-order valence-electron chi connectivity index (χ3n) is 6.51. The fraction of sp³-hybridized carbons (Fsp3) is 0.333. The van der Waals surface area contributed by atoms with Crippen molar-refractivity contribution < 1.29 is 13.9 Å². The third-order valence-corrected chi connectivity index (χ3v) is 7.40. The standard InChI is InChI=1S/C27H29FN4O2S/c1-18-5-3-6-19(2)25(18)30-26(33)31(15-23-7-4-14-34-23)13-12-22-17-35-27-29-24(16-32(22)27)20-8-10-21(28)11-9-20/h3,5-6,8-11,16-17,23H,4,7,12-15H2,1-2H3,(H,30,33). The second kappa shape index (κ2) is 10.2. The van der Waals surface area contributed by atoms with Gasteiger partial charge in [-0.3, -0.25) is 4.40 Å². The van der Waals surface area contributed by atoms with Gasteiger partial charge in [0.1, 0.15) is 5.82 Å². The minimum atomic E-state index is -0.263. The van der Waals surface area contributed by atoms with E-state index >= 15 is 0 Å². The molecule has 0 spiro atoms. The van der Waals surface area contributed by atoms with Crippen molar-refractivity contribution in [2.75, 3.05) is 25.0 Å². The molecule has 1 unspecified atom stereocenters. The monoisotopic (exact) mass is 492 g/mol. The van der Waals surface area contributed by atoms with Gasteiger partial charge in [0.25, 0.3) is 0 Å². The Morgan fingerprint density at radius 2 is 2.00 bits per heavy atom. The van der Waals surface area contributed by atoms with Crippen LogP contribution in [0, 0.1) is 19.7 Å². The largest absolute Gasteiger partial charge is 0.376 e. The summed E-state index contributed by atoms with van der Waals surface area (Å²) >= 11 is 1.57. The highest BCUT2D eigenvalue weighted by molar-refractivity contribution is 7.15. The van der Waals surface area contributed by atoms with Gasteiger partial charge in [-0.2, -0.15) is 0 Å². The van der Waals surface area contributed by atoms with Crippen molar-refractivity contribution in [3.05, 3.63) is 76.7 Å². The molecule has 0 aliphatic carbocycles. The number of amides is 2. The Bertz CT molecular complexity index is 1300. The van der Waals surface area contributed by atoms with Gasteiger partial charge in [0.2, 0.25) is 0 Å². The van der Waals surface area contributed by atoms with Crippen LogP contribution in [-0.4, -0.2) is 46.1 Å². The van der Waals surface area contributed by atoms with Gasteiger partial charge in [-0.25, -0.2) is 14.2 Å². The number of nitrogens with one attached hydrogen (secondary N) is 1. The number of aryl methyl sites for hydroxylation is 2. The summed E-state index contributed by atoms with van der Waals surface area (Å²) in [6.07, 6.45) is 4.74. The number of carbonyl (C=O) groups excluding carboxylic acids is 1. The van der Waals surface area contributed by atoms with Gasteiger partial charge in [-0.15, -0.1) is 11.3 Å². The zero-order chi connectivity index (χ0) is 24.4. The van der Waals surface area contributed by atoms with Crippen molar-refractivity contribution in [1.29, 1.82) is 0 Å². The van der Waals surface area contributed by atoms with E-state index in [1.807, 2.05) is 43.1 Å². The number of aromatic nitrogens is 2. The molecule has 0 radical (unpaired) electrons. The molecule has 1 N–H and O–H groups in total. The molecule has 1 aliphatic rings. The third kappa shape index (κ3) is 5.23. The lowest BCUT2D eigenvalue weighted by Gasteiger charge is -2.26. The number of thiazole rings is 1. The smallest absolute Gasteiger partial charge is 0.321 e. The predicted octanol–water partition coefficient (Wildman–Crippen LogP) is 6.07. The molecule has 2 aromatic heterocycles. The lowest BCUT2D eigenvalue weighted by Crippen LogP contribution is -2.41. The van der Waals surface area contributed by atoms with E-state index in [4.69, 9.17) is 9.72 Å². The van der Waals surface area contributed by atoms with Gasteiger partial charge in [-0.1, -0.05) is 18.2 Å². The maximum absolute atomic E-state index is 13.4. The second-order valence-corrected chi connectivity index (χ2v) is 9.88. The molecule has 182 valence electrons. The number of fused-ring (bicyclic) bond motifs is 1. The van der Waals surface area contributed by atoms with E-state index in [0.717, 1.165) is 58.2 Å². The summed E-state index contributed by atoms with van der Waals surface area (Å²) < 4.78 is 21.2. The van der Waals surface area contributed by atoms with Crippen LogP contribution in [0.2, 0.25) is 0 Å². The van der Waals surface area contributed by atoms with Crippen molar-refractivity contribution in [3.63, 3.8) is 0 Å². The van der Waals surface area contributed by atoms with Crippen LogP contribution in [0.5, 0.6) is 0 Å². The van der Waals surface area contributed by atoms with Gasteiger partial charge in [0, 0.05) is 54.6 Å². The number of urea groups is 1. The molecule has 1 saturated heterocycles. The average molecular weight is 493 g/mol. The number of imidazole rings is 1. The van der Waals surface area contributed by atoms with Crippen LogP contribution >= 0.6 is 11.3 Å². The van der Waals surface area contributed by atoms with Gasteiger partial charge < -0.3 is 15.0 Å². The first kappa shape index (κ1) is 23.5. The number of hydrogen-bond donors (Lipinski definition) is 1. The first-order valence-corrected chi connectivity index (χ1v) is 12.8. The van der Waals surface area contributed by atoms with E-state index in [-0.39, 0.29) is 18.0 Å². The van der Waals surface area contributed by atoms with Crippen molar-refractivity contribution in [2.24, 2.45) is 0 Å². The van der Waals surface area contributed by atoms with E-state index in [1.54, 1.807) is 23.5 Å². The molecule has 0 saturated carbocycles. The molecule has 1 atom stereocenters. The van der Waals surface area contributed by atoms with E-state index in [2.05, 4.69) is 15.1 Å². The summed E-state index contributed by atoms with van der Waals surface area (Å²) in [4.78, 5) is 20.8. The number of halogens is 1. The van der Waals surface area contributed by atoms with Crippen LogP contribution in [0.4, 0.5) is 14.9 Å². The Hall–Kier alpha value is -3.23. The van der Waals surface area contributed by atoms with E-state index in [0.29, 0.717) is 19.5 Å². The Balaban J connectivity index is 1.33. The second-order valence-electron chi connectivity index (χ2n) is 9.04. The first-order chi connectivity index (χ1) is 17.0. The van der Waals surface area contributed by atoms with Gasteiger partial charge >= 0.3 is 6.03 Å². The average Bonchev–Trinajstić information content (AvgIpc) is 3.58. The zero-order valence-corrected chi connectivity index (χ0v) is 20.8. The minimum absolute atomic E-state index is 0.0690. The van der Waals surface area contributed by atoms with Crippen molar-refractivity contribution >= 4 is 28.0 Å². The van der Waals surface area contributed by atoms with Crippen molar-refractivity contribution in [1.82, 2.24) is 14.3 Å². The fourth-order valence-corrected chi connectivity index (χ4v) is 5.43. The highest BCUT2D eigenvalue weighted by atomic mass is 32.1. The topological polar surface area (TPSA) is 58.9 Å². The van der Waals surface area contributed by atoms with Gasteiger partial charge in [0.15, 0.2) is 4.96 Å². The molecule has 2 amide bonds. The molecule has 5 rings (SSSR count).